The summed E-state index contributed by atoms with van der Waals surface area (Å²) in [4.78, 5) is 15.1. The first-order valence-corrected chi connectivity index (χ1v) is 5.86. The third-order valence-corrected chi connectivity index (χ3v) is 3.57. The van der Waals surface area contributed by atoms with Crippen LogP contribution in [0.15, 0.2) is 41.9 Å². The molecule has 0 radical (unpaired) electrons. The minimum absolute atomic E-state index is 0.715. The summed E-state index contributed by atoms with van der Waals surface area (Å²) in [5, 5.41) is 3.04. The van der Waals surface area contributed by atoms with E-state index in [9.17, 15) is 4.79 Å². The van der Waals surface area contributed by atoms with E-state index in [0.717, 1.165) is 17.2 Å². The fourth-order valence-electron chi connectivity index (χ4n) is 1.84. The molecular weight excluding hydrogens is 218 g/mol. The van der Waals surface area contributed by atoms with Gasteiger partial charge in [0.1, 0.15) is 0 Å². The predicted octanol–water partition coefficient (Wildman–Crippen LogP) is 3.71. The van der Waals surface area contributed by atoms with Gasteiger partial charge in [-0.3, -0.25) is 4.79 Å². The molecule has 2 aromatic heterocycles. The second-order valence-corrected chi connectivity index (χ2v) is 4.55. The van der Waals surface area contributed by atoms with E-state index in [0.29, 0.717) is 5.56 Å². The molecule has 1 aromatic carbocycles. The molecule has 3 heteroatoms. The molecule has 3 rings (SSSR count). The number of carbonyl (C=O) groups is 1. The Morgan fingerprint density at radius 3 is 2.94 bits per heavy atom. The number of rotatable bonds is 2. The maximum atomic E-state index is 10.8. The number of hydrogen-bond acceptors (Lipinski definition) is 2. The van der Waals surface area contributed by atoms with Crippen LogP contribution in [0, 0.1) is 0 Å². The largest absolute Gasteiger partial charge is 0.360 e. The van der Waals surface area contributed by atoms with Gasteiger partial charge in [0.25, 0.3) is 0 Å². The van der Waals surface area contributed by atoms with Crippen LogP contribution >= 0.6 is 11.3 Å². The highest BCUT2D eigenvalue weighted by Crippen LogP contribution is 2.28. The van der Waals surface area contributed by atoms with Crippen molar-refractivity contribution in [2.75, 3.05) is 0 Å². The lowest BCUT2D eigenvalue weighted by Crippen LogP contribution is -1.76. The van der Waals surface area contributed by atoms with E-state index in [1.165, 1.54) is 10.4 Å². The number of nitrogens with one attached hydrogen (secondary N) is 1. The second-order valence-electron chi connectivity index (χ2n) is 3.60. The van der Waals surface area contributed by atoms with Crippen molar-refractivity contribution in [2.45, 2.75) is 0 Å². The maximum Gasteiger partial charge on any atom is 0.152 e. The monoisotopic (exact) mass is 227 g/mol. The minimum atomic E-state index is 0.715. The van der Waals surface area contributed by atoms with E-state index < -0.39 is 0 Å². The summed E-state index contributed by atoms with van der Waals surface area (Å²) in [7, 11) is 0. The highest BCUT2D eigenvalue weighted by Gasteiger charge is 2.04. The van der Waals surface area contributed by atoms with E-state index in [2.05, 4.69) is 28.6 Å². The van der Waals surface area contributed by atoms with Crippen LogP contribution in [0.25, 0.3) is 21.3 Å². The van der Waals surface area contributed by atoms with E-state index in [-0.39, 0.29) is 0 Å². The molecule has 0 saturated heterocycles. The van der Waals surface area contributed by atoms with E-state index in [1.54, 1.807) is 17.5 Å². The summed E-state index contributed by atoms with van der Waals surface area (Å²) in [5.41, 5.74) is 2.91. The van der Waals surface area contributed by atoms with Gasteiger partial charge < -0.3 is 4.98 Å². The van der Waals surface area contributed by atoms with Gasteiger partial charge in [0, 0.05) is 27.5 Å². The summed E-state index contributed by atoms with van der Waals surface area (Å²) in [6.07, 6.45) is 2.62. The topological polar surface area (TPSA) is 32.9 Å². The van der Waals surface area contributed by atoms with Crippen LogP contribution in [0.5, 0.6) is 0 Å². The van der Waals surface area contributed by atoms with E-state index in [1.807, 2.05) is 12.1 Å². The molecule has 1 N–H and O–H groups in total. The Morgan fingerprint density at radius 1 is 1.25 bits per heavy atom. The predicted molar refractivity (Wildman–Crippen MR) is 67.0 cm³/mol. The molecule has 16 heavy (non-hydrogen) atoms. The van der Waals surface area contributed by atoms with Crippen molar-refractivity contribution in [3.63, 3.8) is 0 Å². The number of carbonyl (C=O) groups excluding carboxylic acids is 1. The van der Waals surface area contributed by atoms with Crippen molar-refractivity contribution in [3.8, 4) is 10.4 Å². The average Bonchev–Trinajstić information content (AvgIpc) is 2.97. The molecule has 78 valence electrons. The molecule has 0 saturated carbocycles. The minimum Gasteiger partial charge on any atom is -0.360 e. The summed E-state index contributed by atoms with van der Waals surface area (Å²) >= 11 is 1.71. The van der Waals surface area contributed by atoms with Crippen molar-refractivity contribution in [1.29, 1.82) is 0 Å². The number of aromatic amines is 1. The lowest BCUT2D eigenvalue weighted by molar-refractivity contribution is 0.112. The van der Waals surface area contributed by atoms with Crippen LogP contribution in [0.3, 0.4) is 0 Å². The van der Waals surface area contributed by atoms with Gasteiger partial charge in [-0.2, -0.15) is 0 Å². The zero-order valence-corrected chi connectivity index (χ0v) is 9.25. The highest BCUT2D eigenvalue weighted by molar-refractivity contribution is 7.13. The highest BCUT2D eigenvalue weighted by atomic mass is 32.1. The Hall–Kier alpha value is -1.87. The number of aldehydes is 1. The van der Waals surface area contributed by atoms with Crippen molar-refractivity contribution in [2.24, 2.45) is 0 Å². The quantitative estimate of drug-likeness (QED) is 0.665. The van der Waals surface area contributed by atoms with E-state index in [4.69, 9.17) is 0 Å². The van der Waals surface area contributed by atoms with Crippen LogP contribution in [-0.4, -0.2) is 11.3 Å². The molecule has 0 bridgehead atoms. The van der Waals surface area contributed by atoms with Gasteiger partial charge in [-0.05, 0) is 23.1 Å². The lowest BCUT2D eigenvalue weighted by atomic mass is 10.1. The second kappa shape index (κ2) is 3.61. The third kappa shape index (κ3) is 1.37. The number of benzene rings is 1. The summed E-state index contributed by atoms with van der Waals surface area (Å²) in [5.74, 6) is 0. The molecule has 0 fully saturated rings. The van der Waals surface area contributed by atoms with Crippen molar-refractivity contribution in [3.05, 3.63) is 47.5 Å². The zero-order chi connectivity index (χ0) is 11.0. The molecule has 0 unspecified atom stereocenters. The molecular formula is C13H9NOS. The molecule has 3 aromatic rings. The van der Waals surface area contributed by atoms with Gasteiger partial charge in [-0.25, -0.2) is 0 Å². The molecule has 0 atom stereocenters. The first-order valence-electron chi connectivity index (χ1n) is 4.98. The Balaban J connectivity index is 2.21. The number of fused-ring (bicyclic) bond motifs is 1. The fourth-order valence-corrected chi connectivity index (χ4v) is 2.57. The smallest absolute Gasteiger partial charge is 0.152 e. The SMILES string of the molecule is O=Cc1c[nH]c2cc(-c3cccs3)ccc12. The van der Waals surface area contributed by atoms with Crippen molar-refractivity contribution in [1.82, 2.24) is 4.98 Å². The van der Waals surface area contributed by atoms with Crippen molar-refractivity contribution >= 4 is 28.5 Å². The van der Waals surface area contributed by atoms with Gasteiger partial charge in [0.05, 0.1) is 0 Å². The van der Waals surface area contributed by atoms with Gasteiger partial charge in [0.15, 0.2) is 6.29 Å². The number of hydrogen-bond donors (Lipinski definition) is 1. The molecule has 0 spiro atoms. The molecule has 0 aliphatic heterocycles. The normalized spacial score (nSPS) is 10.8. The Labute approximate surface area is 96.5 Å². The standard InChI is InChI=1S/C13H9NOS/c15-8-10-7-14-12-6-9(3-4-11(10)12)13-2-1-5-16-13/h1-8,14H. The zero-order valence-electron chi connectivity index (χ0n) is 8.44. The van der Waals surface area contributed by atoms with E-state index >= 15 is 0 Å². The van der Waals surface area contributed by atoms with Gasteiger partial charge in [-0.1, -0.05) is 18.2 Å². The first kappa shape index (κ1) is 9.36. The fraction of sp³-hybridized carbons (Fsp3) is 0. The van der Waals surface area contributed by atoms with Crippen LogP contribution < -0.4 is 0 Å². The van der Waals surface area contributed by atoms with Gasteiger partial charge >= 0.3 is 0 Å². The molecule has 0 aliphatic rings. The van der Waals surface area contributed by atoms with Crippen LogP contribution in [-0.2, 0) is 0 Å². The Bertz CT molecular complexity index is 637. The summed E-state index contributed by atoms with van der Waals surface area (Å²) < 4.78 is 0. The van der Waals surface area contributed by atoms with Crippen LogP contribution in [0.4, 0.5) is 0 Å². The number of aromatic nitrogens is 1. The van der Waals surface area contributed by atoms with Gasteiger partial charge in [0.2, 0.25) is 0 Å². The Kier molecular flexibility index (Phi) is 2.11. The average molecular weight is 227 g/mol. The summed E-state index contributed by atoms with van der Waals surface area (Å²) in [6, 6.07) is 10.2. The maximum absolute atomic E-state index is 10.8. The first-order chi connectivity index (χ1) is 7.88. The van der Waals surface area contributed by atoms with Crippen molar-refractivity contribution < 1.29 is 4.79 Å². The molecule has 0 aliphatic carbocycles. The van der Waals surface area contributed by atoms with Crippen LogP contribution in [0.2, 0.25) is 0 Å². The summed E-state index contributed by atoms with van der Waals surface area (Å²) in [6.45, 7) is 0. The number of H-pyrrole nitrogens is 1. The Morgan fingerprint density at radius 2 is 2.19 bits per heavy atom. The number of thiophene rings is 1. The molecule has 0 amide bonds. The molecule has 2 nitrogen and oxygen atoms in total. The van der Waals surface area contributed by atoms with Gasteiger partial charge in [-0.15, -0.1) is 11.3 Å². The third-order valence-electron chi connectivity index (χ3n) is 2.65. The lowest BCUT2D eigenvalue weighted by Gasteiger charge is -1.97. The molecule has 2 heterocycles. The van der Waals surface area contributed by atoms with Crippen LogP contribution in [0.1, 0.15) is 10.4 Å².